The number of thioether (sulfide) groups is 1. The Bertz CT molecular complexity index is 85.5. The molecular formula is C6H12O2S. The zero-order chi connectivity index (χ0) is 6.74. The first-order chi connectivity index (χ1) is 4.33. The Morgan fingerprint density at radius 1 is 1.67 bits per heavy atom. The van der Waals surface area contributed by atoms with E-state index >= 15 is 0 Å². The molecule has 0 aromatic rings. The Morgan fingerprint density at radius 3 is 2.44 bits per heavy atom. The van der Waals surface area contributed by atoms with Crippen LogP contribution in [0.1, 0.15) is 6.92 Å². The molecule has 0 aromatic heterocycles. The maximum atomic E-state index is 8.87. The molecule has 0 aliphatic carbocycles. The standard InChI is InChI=1S/C6H12O2S/c1-2-9-6(3-7)4-8-5-6/h7H,2-5H2,1H3. The topological polar surface area (TPSA) is 29.5 Å². The van der Waals surface area contributed by atoms with Crippen LogP contribution in [0.4, 0.5) is 0 Å². The van der Waals surface area contributed by atoms with Gasteiger partial charge in [0, 0.05) is 0 Å². The zero-order valence-corrected chi connectivity index (χ0v) is 6.41. The summed E-state index contributed by atoms with van der Waals surface area (Å²) in [4.78, 5) is 0. The predicted molar refractivity (Wildman–Crippen MR) is 38.8 cm³/mol. The SMILES string of the molecule is CCSC1(CO)COC1. The highest BCUT2D eigenvalue weighted by Gasteiger charge is 2.37. The number of aliphatic hydroxyl groups excluding tert-OH is 1. The molecule has 0 atom stereocenters. The Labute approximate surface area is 59.6 Å². The molecular weight excluding hydrogens is 136 g/mol. The second-order valence-corrected chi connectivity index (χ2v) is 4.00. The van der Waals surface area contributed by atoms with Gasteiger partial charge in [-0.2, -0.15) is 0 Å². The molecule has 1 saturated heterocycles. The van der Waals surface area contributed by atoms with Crippen molar-refractivity contribution in [2.75, 3.05) is 25.6 Å². The molecule has 1 aliphatic heterocycles. The van der Waals surface area contributed by atoms with Gasteiger partial charge in [-0.1, -0.05) is 6.92 Å². The highest BCUT2D eigenvalue weighted by atomic mass is 32.2. The quantitative estimate of drug-likeness (QED) is 0.632. The van der Waals surface area contributed by atoms with Crippen molar-refractivity contribution < 1.29 is 9.84 Å². The van der Waals surface area contributed by atoms with Gasteiger partial charge < -0.3 is 9.84 Å². The number of hydrogen-bond donors (Lipinski definition) is 1. The van der Waals surface area contributed by atoms with Crippen molar-refractivity contribution in [3.05, 3.63) is 0 Å². The average molecular weight is 148 g/mol. The minimum atomic E-state index is 0.0642. The second-order valence-electron chi connectivity index (χ2n) is 2.27. The fourth-order valence-corrected chi connectivity index (χ4v) is 1.89. The third-order valence-electron chi connectivity index (χ3n) is 1.47. The molecule has 0 aromatic carbocycles. The molecule has 3 heteroatoms. The molecule has 0 bridgehead atoms. The molecule has 0 saturated carbocycles. The lowest BCUT2D eigenvalue weighted by atomic mass is 10.1. The van der Waals surface area contributed by atoms with E-state index in [1.807, 2.05) is 0 Å². The molecule has 0 amide bonds. The molecule has 1 rings (SSSR count). The monoisotopic (exact) mass is 148 g/mol. The van der Waals surface area contributed by atoms with Gasteiger partial charge in [-0.15, -0.1) is 11.8 Å². The third-order valence-corrected chi connectivity index (χ3v) is 2.73. The van der Waals surface area contributed by atoms with Crippen molar-refractivity contribution in [3.8, 4) is 0 Å². The molecule has 0 radical (unpaired) electrons. The first-order valence-electron chi connectivity index (χ1n) is 3.15. The van der Waals surface area contributed by atoms with Gasteiger partial charge in [-0.25, -0.2) is 0 Å². The van der Waals surface area contributed by atoms with E-state index < -0.39 is 0 Å². The van der Waals surface area contributed by atoms with Gasteiger partial charge in [-0.3, -0.25) is 0 Å². The van der Waals surface area contributed by atoms with Gasteiger partial charge in [-0.05, 0) is 5.75 Å². The molecule has 1 heterocycles. The summed E-state index contributed by atoms with van der Waals surface area (Å²) in [6, 6.07) is 0. The van der Waals surface area contributed by atoms with Crippen LogP contribution >= 0.6 is 11.8 Å². The molecule has 1 aliphatic rings. The van der Waals surface area contributed by atoms with Gasteiger partial charge in [0.15, 0.2) is 0 Å². The van der Waals surface area contributed by atoms with Crippen LogP contribution in [0.25, 0.3) is 0 Å². The molecule has 1 fully saturated rings. The smallest absolute Gasteiger partial charge is 0.0855 e. The first kappa shape index (κ1) is 7.38. The van der Waals surface area contributed by atoms with Gasteiger partial charge in [0.2, 0.25) is 0 Å². The zero-order valence-electron chi connectivity index (χ0n) is 5.59. The summed E-state index contributed by atoms with van der Waals surface area (Å²) in [7, 11) is 0. The number of hydrogen-bond acceptors (Lipinski definition) is 3. The van der Waals surface area contributed by atoms with Crippen molar-refractivity contribution in [2.45, 2.75) is 11.7 Å². The lowest BCUT2D eigenvalue weighted by molar-refractivity contribution is -0.0318. The lowest BCUT2D eigenvalue weighted by Gasteiger charge is -2.38. The Hall–Kier alpha value is 0.270. The van der Waals surface area contributed by atoms with Crippen LogP contribution in [0.3, 0.4) is 0 Å². The van der Waals surface area contributed by atoms with E-state index in [0.29, 0.717) is 0 Å². The Balaban J connectivity index is 2.28. The van der Waals surface area contributed by atoms with Gasteiger partial charge in [0.1, 0.15) is 0 Å². The van der Waals surface area contributed by atoms with E-state index in [0.717, 1.165) is 19.0 Å². The minimum absolute atomic E-state index is 0.0642. The van der Waals surface area contributed by atoms with Gasteiger partial charge >= 0.3 is 0 Å². The van der Waals surface area contributed by atoms with Crippen molar-refractivity contribution in [1.29, 1.82) is 0 Å². The van der Waals surface area contributed by atoms with Gasteiger partial charge in [0.25, 0.3) is 0 Å². The summed E-state index contributed by atoms with van der Waals surface area (Å²) in [5.41, 5.74) is 0. The molecule has 0 spiro atoms. The Morgan fingerprint density at radius 2 is 2.33 bits per heavy atom. The summed E-state index contributed by atoms with van der Waals surface area (Å²) in [5.74, 6) is 1.06. The summed E-state index contributed by atoms with van der Waals surface area (Å²) in [6.45, 7) is 3.80. The van der Waals surface area contributed by atoms with E-state index in [2.05, 4.69) is 6.92 Å². The maximum absolute atomic E-state index is 8.87. The number of rotatable bonds is 3. The predicted octanol–water partition coefficient (Wildman–Crippen LogP) is 0.501. The molecule has 54 valence electrons. The van der Waals surface area contributed by atoms with E-state index in [-0.39, 0.29) is 11.4 Å². The first-order valence-corrected chi connectivity index (χ1v) is 4.14. The fraction of sp³-hybridized carbons (Fsp3) is 1.00. The highest BCUT2D eigenvalue weighted by molar-refractivity contribution is 8.00. The summed E-state index contributed by atoms with van der Waals surface area (Å²) in [6.07, 6.45) is 0. The van der Waals surface area contributed by atoms with Crippen LogP contribution in [0.5, 0.6) is 0 Å². The average Bonchev–Trinajstić information content (AvgIpc) is 1.79. The van der Waals surface area contributed by atoms with Crippen molar-refractivity contribution >= 4 is 11.8 Å². The molecule has 1 N–H and O–H groups in total. The van der Waals surface area contributed by atoms with E-state index in [9.17, 15) is 0 Å². The van der Waals surface area contributed by atoms with Crippen molar-refractivity contribution in [2.24, 2.45) is 0 Å². The normalized spacial score (nSPS) is 23.3. The molecule has 9 heavy (non-hydrogen) atoms. The maximum Gasteiger partial charge on any atom is 0.0855 e. The van der Waals surface area contributed by atoms with Gasteiger partial charge in [0.05, 0.1) is 24.6 Å². The van der Waals surface area contributed by atoms with Crippen LogP contribution in [0.15, 0.2) is 0 Å². The van der Waals surface area contributed by atoms with E-state index in [1.165, 1.54) is 0 Å². The number of aliphatic hydroxyl groups is 1. The molecule has 2 nitrogen and oxygen atoms in total. The Kier molecular flexibility index (Phi) is 2.38. The fourth-order valence-electron chi connectivity index (χ4n) is 0.856. The second kappa shape index (κ2) is 2.90. The molecule has 0 unspecified atom stereocenters. The summed E-state index contributed by atoms with van der Waals surface area (Å²) >= 11 is 1.79. The third kappa shape index (κ3) is 1.39. The van der Waals surface area contributed by atoms with Crippen molar-refractivity contribution in [1.82, 2.24) is 0 Å². The van der Waals surface area contributed by atoms with Crippen LogP contribution < -0.4 is 0 Å². The summed E-state index contributed by atoms with van der Waals surface area (Å²) < 4.78 is 5.07. The van der Waals surface area contributed by atoms with Crippen LogP contribution in [-0.4, -0.2) is 35.4 Å². The van der Waals surface area contributed by atoms with Crippen LogP contribution in [0.2, 0.25) is 0 Å². The summed E-state index contributed by atoms with van der Waals surface area (Å²) in [5, 5.41) is 8.87. The lowest BCUT2D eigenvalue weighted by Crippen LogP contribution is -2.49. The highest BCUT2D eigenvalue weighted by Crippen LogP contribution is 2.31. The van der Waals surface area contributed by atoms with Crippen LogP contribution in [0, 0.1) is 0 Å². The van der Waals surface area contributed by atoms with E-state index in [1.54, 1.807) is 11.8 Å². The van der Waals surface area contributed by atoms with Crippen LogP contribution in [-0.2, 0) is 4.74 Å². The minimum Gasteiger partial charge on any atom is -0.395 e. The van der Waals surface area contributed by atoms with E-state index in [4.69, 9.17) is 9.84 Å². The largest absolute Gasteiger partial charge is 0.395 e. The van der Waals surface area contributed by atoms with Crippen molar-refractivity contribution in [3.63, 3.8) is 0 Å². The number of ether oxygens (including phenoxy) is 1.